The van der Waals surface area contributed by atoms with E-state index in [9.17, 15) is 24.3 Å². The van der Waals surface area contributed by atoms with Crippen molar-refractivity contribution >= 4 is 40.6 Å². The topological polar surface area (TPSA) is 224 Å². The van der Waals surface area contributed by atoms with Gasteiger partial charge in [0.15, 0.2) is 11.2 Å². The number of aliphatic carboxylic acids is 1. The van der Waals surface area contributed by atoms with Crippen LogP contribution in [0.1, 0.15) is 48.7 Å². The molecule has 0 unspecified atom stereocenters. The number of carbonyl (C=O) groups is 3. The number of carboxylic acids is 1. The zero-order valence-electron chi connectivity index (χ0n) is 23.4. The number of aromatic amines is 1. The van der Waals surface area contributed by atoms with Crippen molar-refractivity contribution in [2.24, 2.45) is 0 Å². The Morgan fingerprint density at radius 1 is 1.07 bits per heavy atom. The van der Waals surface area contributed by atoms with Crippen molar-refractivity contribution in [3.8, 4) is 0 Å². The van der Waals surface area contributed by atoms with E-state index in [1.54, 1.807) is 12.1 Å². The van der Waals surface area contributed by atoms with Crippen LogP contribution < -0.4 is 27.2 Å². The molecule has 1 atom stereocenters. The molecule has 0 aliphatic carbocycles. The Bertz CT molecular complexity index is 1400. The first-order valence-corrected chi connectivity index (χ1v) is 13.6. The lowest BCUT2D eigenvalue weighted by Crippen LogP contribution is -2.41. The Balaban J connectivity index is 1.40. The van der Waals surface area contributed by atoms with Crippen LogP contribution in [0.2, 0.25) is 0 Å². The SMILES string of the molecule is CCCCOCCOCCNC(=O)CC[C@H](NC(=O)c1ccc(NCc2cnc3nc(N)[nH]c(=O)c3n2)cc1)C(=O)O. The average Bonchev–Trinajstić information content (AvgIpc) is 2.97. The normalized spacial score (nSPS) is 11.6. The summed E-state index contributed by atoms with van der Waals surface area (Å²) in [6.45, 7) is 4.54. The fraction of sp³-hybridized carbons (Fsp3) is 0.444. The molecule has 226 valence electrons. The molecule has 0 bridgehead atoms. The van der Waals surface area contributed by atoms with E-state index in [1.165, 1.54) is 18.3 Å². The third kappa shape index (κ3) is 10.4. The predicted octanol–water partition coefficient (Wildman–Crippen LogP) is 0.820. The van der Waals surface area contributed by atoms with Crippen molar-refractivity contribution < 1.29 is 29.0 Å². The maximum absolute atomic E-state index is 12.6. The molecule has 0 saturated heterocycles. The average molecular weight is 585 g/mol. The summed E-state index contributed by atoms with van der Waals surface area (Å²) in [5.41, 5.74) is 6.60. The molecule has 0 fully saturated rings. The monoisotopic (exact) mass is 584 g/mol. The number of carboxylic acid groups (broad SMARTS) is 1. The van der Waals surface area contributed by atoms with Crippen LogP contribution >= 0.6 is 0 Å². The minimum absolute atomic E-state index is 0.0478. The smallest absolute Gasteiger partial charge is 0.326 e. The van der Waals surface area contributed by atoms with E-state index in [0.717, 1.165) is 12.8 Å². The van der Waals surface area contributed by atoms with E-state index in [2.05, 4.69) is 42.8 Å². The van der Waals surface area contributed by atoms with E-state index in [0.29, 0.717) is 37.8 Å². The zero-order chi connectivity index (χ0) is 30.3. The largest absolute Gasteiger partial charge is 0.480 e. The van der Waals surface area contributed by atoms with Gasteiger partial charge in [-0.25, -0.2) is 14.8 Å². The number of amides is 2. The summed E-state index contributed by atoms with van der Waals surface area (Å²) in [5, 5.41) is 17.7. The number of rotatable bonds is 18. The number of anilines is 2. The Morgan fingerprint density at radius 2 is 1.81 bits per heavy atom. The fourth-order valence-corrected chi connectivity index (χ4v) is 3.68. The summed E-state index contributed by atoms with van der Waals surface area (Å²) in [4.78, 5) is 63.1. The summed E-state index contributed by atoms with van der Waals surface area (Å²) < 4.78 is 10.8. The molecular formula is C27H36N8O7. The lowest BCUT2D eigenvalue weighted by molar-refractivity contribution is -0.139. The molecule has 0 radical (unpaired) electrons. The first kappa shape index (κ1) is 31.9. The highest BCUT2D eigenvalue weighted by Crippen LogP contribution is 2.12. The second-order valence-corrected chi connectivity index (χ2v) is 9.25. The van der Waals surface area contributed by atoms with Crippen LogP contribution in [0.15, 0.2) is 35.3 Å². The number of benzene rings is 1. The number of hydrogen-bond donors (Lipinski definition) is 6. The first-order valence-electron chi connectivity index (χ1n) is 13.6. The van der Waals surface area contributed by atoms with E-state index >= 15 is 0 Å². The van der Waals surface area contributed by atoms with Gasteiger partial charge in [0.25, 0.3) is 11.5 Å². The number of hydrogen-bond acceptors (Lipinski definition) is 11. The van der Waals surface area contributed by atoms with Crippen molar-refractivity contribution in [1.82, 2.24) is 30.6 Å². The minimum atomic E-state index is -1.24. The van der Waals surface area contributed by atoms with Crippen LogP contribution in [0.4, 0.5) is 11.6 Å². The van der Waals surface area contributed by atoms with Gasteiger partial charge in [-0.2, -0.15) is 4.98 Å². The van der Waals surface area contributed by atoms with Gasteiger partial charge < -0.3 is 36.3 Å². The maximum Gasteiger partial charge on any atom is 0.326 e. The number of H-pyrrole nitrogens is 1. The number of nitrogens with two attached hydrogens (primary N) is 1. The number of nitrogens with zero attached hydrogens (tertiary/aromatic N) is 3. The lowest BCUT2D eigenvalue weighted by atomic mass is 10.1. The molecule has 42 heavy (non-hydrogen) atoms. The molecule has 2 amide bonds. The summed E-state index contributed by atoms with van der Waals surface area (Å²) in [6.07, 6.45) is 3.39. The zero-order valence-corrected chi connectivity index (χ0v) is 23.4. The number of fused-ring (bicyclic) bond motifs is 1. The second kappa shape index (κ2) is 16.6. The maximum atomic E-state index is 12.6. The second-order valence-electron chi connectivity index (χ2n) is 9.25. The highest BCUT2D eigenvalue weighted by Gasteiger charge is 2.21. The molecule has 0 aliphatic rings. The van der Waals surface area contributed by atoms with Crippen LogP contribution in [0.3, 0.4) is 0 Å². The fourth-order valence-electron chi connectivity index (χ4n) is 3.68. The molecule has 15 heteroatoms. The Morgan fingerprint density at radius 3 is 2.52 bits per heavy atom. The Hall–Kier alpha value is -4.63. The highest BCUT2D eigenvalue weighted by atomic mass is 16.5. The van der Waals surface area contributed by atoms with E-state index in [-0.39, 0.29) is 54.5 Å². The van der Waals surface area contributed by atoms with Crippen molar-refractivity contribution in [1.29, 1.82) is 0 Å². The molecule has 15 nitrogen and oxygen atoms in total. The van der Waals surface area contributed by atoms with Gasteiger partial charge in [0.05, 0.1) is 38.3 Å². The van der Waals surface area contributed by atoms with Gasteiger partial charge in [-0.3, -0.25) is 19.4 Å². The van der Waals surface area contributed by atoms with Gasteiger partial charge in [-0.05, 0) is 37.1 Å². The van der Waals surface area contributed by atoms with Crippen LogP contribution in [0.5, 0.6) is 0 Å². The predicted molar refractivity (Wildman–Crippen MR) is 154 cm³/mol. The number of nitrogen functional groups attached to an aromatic ring is 1. The van der Waals surface area contributed by atoms with Gasteiger partial charge in [0, 0.05) is 30.8 Å². The molecule has 2 aromatic heterocycles. The molecule has 3 aromatic rings. The molecule has 0 saturated carbocycles. The van der Waals surface area contributed by atoms with Crippen LogP contribution in [-0.4, -0.2) is 81.8 Å². The summed E-state index contributed by atoms with van der Waals surface area (Å²) in [6, 6.07) is 5.10. The molecule has 3 rings (SSSR count). The summed E-state index contributed by atoms with van der Waals surface area (Å²) >= 11 is 0. The standard InChI is InChI=1S/C27H36N8O7/c1-2-3-11-41-13-14-42-12-10-29-21(36)9-8-20(26(39)40)33-24(37)17-4-6-18(7-5-17)30-15-19-16-31-23-22(32-19)25(38)35-27(28)34-23/h4-7,16,20,30H,2-3,8-15H2,1H3,(H,29,36)(H,33,37)(H,39,40)(H3,28,31,34,35,38)/t20-/m0/s1. The molecule has 0 spiro atoms. The van der Waals surface area contributed by atoms with Gasteiger partial charge in [-0.1, -0.05) is 13.3 Å². The van der Waals surface area contributed by atoms with Gasteiger partial charge in [-0.15, -0.1) is 0 Å². The highest BCUT2D eigenvalue weighted by molar-refractivity contribution is 5.97. The third-order valence-electron chi connectivity index (χ3n) is 5.95. The molecule has 7 N–H and O–H groups in total. The number of carbonyl (C=O) groups excluding carboxylic acids is 2. The van der Waals surface area contributed by atoms with Crippen molar-refractivity contribution in [2.45, 2.75) is 45.2 Å². The first-order chi connectivity index (χ1) is 20.3. The van der Waals surface area contributed by atoms with E-state index < -0.39 is 23.5 Å². The number of nitrogens with one attached hydrogen (secondary N) is 4. The number of aromatic nitrogens is 4. The third-order valence-corrected chi connectivity index (χ3v) is 5.95. The van der Waals surface area contributed by atoms with Crippen LogP contribution in [0, 0.1) is 0 Å². The Labute approximate surface area is 241 Å². The summed E-state index contributed by atoms with van der Waals surface area (Å²) in [5.74, 6) is -2.22. The number of ether oxygens (including phenoxy) is 2. The van der Waals surface area contributed by atoms with Crippen molar-refractivity contribution in [3.05, 3.63) is 52.1 Å². The van der Waals surface area contributed by atoms with E-state index in [4.69, 9.17) is 15.2 Å². The quantitative estimate of drug-likeness (QED) is 0.114. The minimum Gasteiger partial charge on any atom is -0.480 e. The summed E-state index contributed by atoms with van der Waals surface area (Å²) in [7, 11) is 0. The molecule has 0 aliphatic heterocycles. The van der Waals surface area contributed by atoms with E-state index in [1.807, 2.05) is 0 Å². The van der Waals surface area contributed by atoms with Crippen molar-refractivity contribution in [2.75, 3.05) is 44.0 Å². The van der Waals surface area contributed by atoms with Gasteiger partial charge in [0.1, 0.15) is 6.04 Å². The van der Waals surface area contributed by atoms with Gasteiger partial charge >= 0.3 is 5.97 Å². The number of unbranched alkanes of at least 4 members (excludes halogenated alkanes) is 1. The molecule has 2 heterocycles. The van der Waals surface area contributed by atoms with Crippen LogP contribution in [0.25, 0.3) is 11.2 Å². The van der Waals surface area contributed by atoms with Gasteiger partial charge in [0.2, 0.25) is 11.9 Å². The Kier molecular flexibility index (Phi) is 12.6. The molecule has 1 aromatic carbocycles. The van der Waals surface area contributed by atoms with Crippen LogP contribution in [-0.2, 0) is 25.6 Å². The lowest BCUT2D eigenvalue weighted by Gasteiger charge is -2.15. The molecular weight excluding hydrogens is 548 g/mol. The van der Waals surface area contributed by atoms with Crippen molar-refractivity contribution in [3.63, 3.8) is 0 Å².